The fourth-order valence-corrected chi connectivity index (χ4v) is 1.99. The summed E-state index contributed by atoms with van der Waals surface area (Å²) in [7, 11) is 0. The van der Waals surface area contributed by atoms with E-state index in [1.165, 1.54) is 18.2 Å². The summed E-state index contributed by atoms with van der Waals surface area (Å²) in [6.07, 6.45) is -4.48. The van der Waals surface area contributed by atoms with E-state index in [1.54, 1.807) is 6.92 Å². The molecule has 122 valence electrons. The van der Waals surface area contributed by atoms with Gasteiger partial charge in [-0.2, -0.15) is 13.2 Å². The molecule has 3 N–H and O–H groups in total. The van der Waals surface area contributed by atoms with E-state index >= 15 is 0 Å². The van der Waals surface area contributed by atoms with Crippen molar-refractivity contribution in [2.75, 3.05) is 0 Å². The van der Waals surface area contributed by atoms with E-state index in [9.17, 15) is 18.0 Å². The third-order valence-corrected chi connectivity index (χ3v) is 3.45. The summed E-state index contributed by atoms with van der Waals surface area (Å²) in [5.41, 5.74) is 1.54. The lowest BCUT2D eigenvalue weighted by molar-refractivity contribution is -0.137. The molecule has 0 saturated carbocycles. The monoisotopic (exact) mass is 343 g/mol. The minimum Gasteiger partial charge on any atom is -0.439 e. The summed E-state index contributed by atoms with van der Waals surface area (Å²) in [6.45, 7) is 1.65. The number of aryl methyl sites for hydroxylation is 1. The SMILES string of the molecule is Cc1cc(Oc2cccc(C(F)(F)F)c2)nc(C(=O)NN)c1S. The van der Waals surface area contributed by atoms with E-state index in [4.69, 9.17) is 10.6 Å². The van der Waals surface area contributed by atoms with E-state index in [0.29, 0.717) is 10.5 Å². The zero-order valence-corrected chi connectivity index (χ0v) is 12.7. The molecule has 5 nitrogen and oxygen atoms in total. The maximum Gasteiger partial charge on any atom is 0.416 e. The number of hydrogen-bond donors (Lipinski definition) is 3. The number of rotatable bonds is 3. The van der Waals surface area contributed by atoms with Crippen molar-refractivity contribution in [1.29, 1.82) is 0 Å². The number of hydrazine groups is 1. The molecule has 0 radical (unpaired) electrons. The first kappa shape index (κ1) is 17.1. The number of alkyl halides is 3. The van der Waals surface area contributed by atoms with Gasteiger partial charge in [-0.3, -0.25) is 10.2 Å². The number of ether oxygens (including phenoxy) is 1. The Hall–Kier alpha value is -2.26. The van der Waals surface area contributed by atoms with Gasteiger partial charge in [-0.1, -0.05) is 6.07 Å². The Morgan fingerprint density at radius 3 is 2.65 bits per heavy atom. The molecule has 1 amide bonds. The second-order valence-corrected chi connectivity index (χ2v) is 5.02. The normalized spacial score (nSPS) is 11.2. The summed E-state index contributed by atoms with van der Waals surface area (Å²) in [5, 5.41) is 0. The second-order valence-electron chi connectivity index (χ2n) is 4.58. The van der Waals surface area contributed by atoms with Crippen LogP contribution in [-0.4, -0.2) is 10.9 Å². The highest BCUT2D eigenvalue weighted by atomic mass is 32.1. The van der Waals surface area contributed by atoms with E-state index < -0.39 is 17.6 Å². The standard InChI is InChI=1S/C14H12F3N3O2S/c1-7-5-10(19-11(12(7)23)13(21)20-18)22-9-4-2-3-8(6-9)14(15,16)17/h2-6,23H,18H2,1H3,(H,20,21). The first-order valence-electron chi connectivity index (χ1n) is 6.29. The van der Waals surface area contributed by atoms with Crippen LogP contribution in [-0.2, 0) is 6.18 Å². The quantitative estimate of drug-likeness (QED) is 0.346. The van der Waals surface area contributed by atoms with Crippen LogP contribution < -0.4 is 16.0 Å². The van der Waals surface area contributed by atoms with Gasteiger partial charge in [0.2, 0.25) is 5.88 Å². The fraction of sp³-hybridized carbons (Fsp3) is 0.143. The van der Waals surface area contributed by atoms with Gasteiger partial charge in [0.15, 0.2) is 0 Å². The van der Waals surface area contributed by atoms with Gasteiger partial charge in [-0.25, -0.2) is 10.8 Å². The van der Waals surface area contributed by atoms with Gasteiger partial charge in [0.1, 0.15) is 11.4 Å². The Morgan fingerprint density at radius 2 is 2.04 bits per heavy atom. The van der Waals surface area contributed by atoms with Crippen LogP contribution in [0.25, 0.3) is 0 Å². The zero-order valence-electron chi connectivity index (χ0n) is 11.8. The summed E-state index contributed by atoms with van der Waals surface area (Å²) in [6, 6.07) is 5.79. The molecule has 0 saturated heterocycles. The number of nitrogens with zero attached hydrogens (tertiary/aromatic N) is 1. The molecule has 9 heteroatoms. The second kappa shape index (κ2) is 6.47. The molecule has 23 heavy (non-hydrogen) atoms. The summed E-state index contributed by atoms with van der Waals surface area (Å²) in [4.78, 5) is 15.8. The molecule has 0 atom stereocenters. The number of hydrogen-bond acceptors (Lipinski definition) is 5. The van der Waals surface area contributed by atoms with Gasteiger partial charge in [-0.15, -0.1) is 12.6 Å². The van der Waals surface area contributed by atoms with Crippen LogP contribution in [0.3, 0.4) is 0 Å². The predicted octanol–water partition coefficient (Wildman–Crippen LogP) is 3.09. The topological polar surface area (TPSA) is 77.2 Å². The molecule has 0 fully saturated rings. The van der Waals surface area contributed by atoms with Crippen molar-refractivity contribution < 1.29 is 22.7 Å². The van der Waals surface area contributed by atoms with Crippen LogP contribution in [0.4, 0.5) is 13.2 Å². The Balaban J connectivity index is 2.38. The minimum atomic E-state index is -4.48. The highest BCUT2D eigenvalue weighted by Crippen LogP contribution is 2.33. The van der Waals surface area contributed by atoms with Crippen molar-refractivity contribution in [2.24, 2.45) is 5.84 Å². The van der Waals surface area contributed by atoms with Crippen molar-refractivity contribution in [2.45, 2.75) is 18.0 Å². The Morgan fingerprint density at radius 1 is 1.35 bits per heavy atom. The van der Waals surface area contributed by atoms with Crippen LogP contribution in [0.1, 0.15) is 21.6 Å². The molecular weight excluding hydrogens is 331 g/mol. The van der Waals surface area contributed by atoms with Crippen molar-refractivity contribution >= 4 is 18.5 Å². The molecule has 1 heterocycles. The number of thiol groups is 1. The number of carbonyl (C=O) groups excluding carboxylic acids is 1. The van der Waals surface area contributed by atoms with Gasteiger partial charge in [0, 0.05) is 11.0 Å². The number of nitrogen functional groups attached to an aromatic ring is 1. The van der Waals surface area contributed by atoms with Crippen molar-refractivity contribution in [3.8, 4) is 11.6 Å². The van der Waals surface area contributed by atoms with Gasteiger partial charge >= 0.3 is 6.18 Å². The number of nitrogens with one attached hydrogen (secondary N) is 1. The molecular formula is C14H12F3N3O2S. The highest BCUT2D eigenvalue weighted by Gasteiger charge is 2.30. The lowest BCUT2D eigenvalue weighted by Gasteiger charge is -2.12. The largest absolute Gasteiger partial charge is 0.439 e. The number of carbonyl (C=O) groups is 1. The van der Waals surface area contributed by atoms with Gasteiger partial charge < -0.3 is 4.74 Å². The van der Waals surface area contributed by atoms with Crippen molar-refractivity contribution in [3.05, 3.63) is 47.2 Å². The van der Waals surface area contributed by atoms with E-state index in [1.807, 2.05) is 5.43 Å². The molecule has 0 aliphatic carbocycles. The lowest BCUT2D eigenvalue weighted by Crippen LogP contribution is -2.31. The molecule has 0 aliphatic heterocycles. The van der Waals surface area contributed by atoms with Gasteiger partial charge in [0.25, 0.3) is 5.91 Å². The van der Waals surface area contributed by atoms with Crippen LogP contribution >= 0.6 is 12.6 Å². The molecule has 0 aliphatic rings. The Bertz CT molecular complexity index is 751. The summed E-state index contributed by atoms with van der Waals surface area (Å²) < 4.78 is 43.4. The van der Waals surface area contributed by atoms with Crippen molar-refractivity contribution in [3.63, 3.8) is 0 Å². The van der Waals surface area contributed by atoms with Crippen LogP contribution in [0.15, 0.2) is 35.2 Å². The Kier molecular flexibility index (Phi) is 4.81. The van der Waals surface area contributed by atoms with E-state index in [-0.39, 0.29) is 17.3 Å². The number of amides is 1. The number of nitrogens with two attached hydrogens (primary N) is 1. The predicted molar refractivity (Wildman–Crippen MR) is 79.4 cm³/mol. The molecule has 1 aromatic carbocycles. The van der Waals surface area contributed by atoms with Gasteiger partial charge in [-0.05, 0) is 30.7 Å². The third kappa shape index (κ3) is 3.93. The van der Waals surface area contributed by atoms with E-state index in [2.05, 4.69) is 17.6 Å². The fourth-order valence-electron chi connectivity index (χ4n) is 1.77. The molecule has 2 aromatic rings. The number of benzene rings is 1. The number of pyridine rings is 1. The first-order chi connectivity index (χ1) is 10.7. The van der Waals surface area contributed by atoms with Crippen LogP contribution in [0, 0.1) is 6.92 Å². The average molecular weight is 343 g/mol. The van der Waals surface area contributed by atoms with Crippen LogP contribution in [0.2, 0.25) is 0 Å². The first-order valence-corrected chi connectivity index (χ1v) is 6.73. The Labute approximate surface area is 135 Å². The van der Waals surface area contributed by atoms with Crippen molar-refractivity contribution in [1.82, 2.24) is 10.4 Å². The average Bonchev–Trinajstić information content (AvgIpc) is 2.49. The smallest absolute Gasteiger partial charge is 0.416 e. The molecule has 1 aromatic heterocycles. The highest BCUT2D eigenvalue weighted by molar-refractivity contribution is 7.80. The maximum atomic E-state index is 12.7. The molecule has 2 rings (SSSR count). The van der Waals surface area contributed by atoms with Gasteiger partial charge in [0.05, 0.1) is 5.56 Å². The molecule has 0 bridgehead atoms. The minimum absolute atomic E-state index is 0.0433. The summed E-state index contributed by atoms with van der Waals surface area (Å²) >= 11 is 4.15. The zero-order chi connectivity index (χ0) is 17.2. The molecule has 0 spiro atoms. The number of halogens is 3. The third-order valence-electron chi connectivity index (χ3n) is 2.89. The maximum absolute atomic E-state index is 12.7. The number of aromatic nitrogens is 1. The summed E-state index contributed by atoms with van der Waals surface area (Å²) in [5.74, 6) is 4.27. The van der Waals surface area contributed by atoms with E-state index in [0.717, 1.165) is 12.1 Å². The van der Waals surface area contributed by atoms with Crippen LogP contribution in [0.5, 0.6) is 11.6 Å². The molecule has 0 unspecified atom stereocenters. The lowest BCUT2D eigenvalue weighted by atomic mass is 10.2.